The lowest BCUT2D eigenvalue weighted by molar-refractivity contribution is -0.0893. The van der Waals surface area contributed by atoms with Gasteiger partial charge in [-0.15, -0.1) is 5.23 Å². The molecule has 1 aromatic rings. The van der Waals surface area contributed by atoms with Gasteiger partial charge < -0.3 is 0 Å². The van der Waals surface area contributed by atoms with Gasteiger partial charge >= 0.3 is 0 Å². The third kappa shape index (κ3) is 4.39. The Morgan fingerprint density at radius 1 is 1.00 bits per heavy atom. The zero-order chi connectivity index (χ0) is 11.8. The summed E-state index contributed by atoms with van der Waals surface area (Å²) in [4.78, 5) is 11.0. The van der Waals surface area contributed by atoms with Crippen molar-refractivity contribution in [1.82, 2.24) is 0 Å². The van der Waals surface area contributed by atoms with Crippen LogP contribution in [-0.4, -0.2) is 13.2 Å². The Balaban J connectivity index is 2.62. The van der Waals surface area contributed by atoms with E-state index in [-0.39, 0.29) is 0 Å². The normalized spacial score (nSPS) is 10.4. The van der Waals surface area contributed by atoms with Gasteiger partial charge in [0, 0.05) is 5.02 Å². The monoisotopic (exact) mass is 243 g/mol. The molecule has 0 N–H and O–H groups in total. The van der Waals surface area contributed by atoms with Crippen molar-refractivity contribution in [2.24, 2.45) is 0 Å². The van der Waals surface area contributed by atoms with Crippen LogP contribution < -0.4 is 5.23 Å². The van der Waals surface area contributed by atoms with Crippen molar-refractivity contribution in [2.75, 3.05) is 18.4 Å². The highest BCUT2D eigenvalue weighted by atomic mass is 35.5. The average molecular weight is 244 g/mol. The van der Waals surface area contributed by atoms with Crippen molar-refractivity contribution in [3.05, 3.63) is 29.3 Å². The van der Waals surface area contributed by atoms with Crippen LogP contribution in [0.4, 0.5) is 5.69 Å². The molecular formula is C12H18ClNO2. The summed E-state index contributed by atoms with van der Waals surface area (Å²) >= 11 is 5.82. The van der Waals surface area contributed by atoms with Crippen LogP contribution in [0.25, 0.3) is 0 Å². The molecule has 1 aromatic carbocycles. The molecule has 1 rings (SSSR count). The van der Waals surface area contributed by atoms with E-state index in [0.717, 1.165) is 18.5 Å². The first kappa shape index (κ1) is 13.3. The SMILES string of the molecule is CCCON(OCCC)c1ccc(Cl)cc1. The van der Waals surface area contributed by atoms with Crippen LogP contribution in [0.2, 0.25) is 5.02 Å². The lowest BCUT2D eigenvalue weighted by Gasteiger charge is -2.22. The zero-order valence-electron chi connectivity index (χ0n) is 9.78. The fourth-order valence-corrected chi connectivity index (χ4v) is 1.22. The van der Waals surface area contributed by atoms with E-state index in [1.807, 2.05) is 24.3 Å². The Labute approximate surface area is 102 Å². The topological polar surface area (TPSA) is 21.7 Å². The molecule has 0 amide bonds. The maximum Gasteiger partial charge on any atom is 0.0948 e. The van der Waals surface area contributed by atoms with E-state index in [2.05, 4.69) is 13.8 Å². The molecule has 90 valence electrons. The zero-order valence-corrected chi connectivity index (χ0v) is 10.5. The van der Waals surface area contributed by atoms with Gasteiger partial charge in [0.15, 0.2) is 0 Å². The van der Waals surface area contributed by atoms with Crippen molar-refractivity contribution >= 4 is 17.3 Å². The molecule has 0 bridgehead atoms. The molecule has 0 unspecified atom stereocenters. The molecule has 0 fully saturated rings. The Bertz CT molecular complexity index is 282. The van der Waals surface area contributed by atoms with Gasteiger partial charge in [-0.05, 0) is 37.1 Å². The molecule has 0 saturated carbocycles. The van der Waals surface area contributed by atoms with Gasteiger partial charge in [-0.25, -0.2) is 9.68 Å². The van der Waals surface area contributed by atoms with Crippen molar-refractivity contribution in [2.45, 2.75) is 26.7 Å². The minimum Gasteiger partial charge on any atom is -0.249 e. The van der Waals surface area contributed by atoms with Crippen LogP contribution in [0.1, 0.15) is 26.7 Å². The molecule has 0 spiro atoms. The number of anilines is 1. The number of hydrogen-bond acceptors (Lipinski definition) is 3. The van der Waals surface area contributed by atoms with Crippen molar-refractivity contribution in [1.29, 1.82) is 0 Å². The molecular weight excluding hydrogens is 226 g/mol. The first-order chi connectivity index (χ1) is 7.77. The largest absolute Gasteiger partial charge is 0.249 e. The van der Waals surface area contributed by atoms with Gasteiger partial charge in [0.2, 0.25) is 0 Å². The number of benzene rings is 1. The van der Waals surface area contributed by atoms with Crippen molar-refractivity contribution < 1.29 is 9.68 Å². The average Bonchev–Trinajstić information content (AvgIpc) is 2.31. The third-order valence-corrected chi connectivity index (χ3v) is 2.11. The highest BCUT2D eigenvalue weighted by Gasteiger charge is 2.07. The van der Waals surface area contributed by atoms with Crippen molar-refractivity contribution in [3.63, 3.8) is 0 Å². The molecule has 0 aliphatic carbocycles. The summed E-state index contributed by atoms with van der Waals surface area (Å²) in [6, 6.07) is 7.37. The number of hydrogen-bond donors (Lipinski definition) is 0. The summed E-state index contributed by atoms with van der Waals surface area (Å²) in [5.74, 6) is 0. The van der Waals surface area contributed by atoms with Crippen LogP contribution in [0.15, 0.2) is 24.3 Å². The summed E-state index contributed by atoms with van der Waals surface area (Å²) in [5, 5.41) is 2.17. The molecule has 16 heavy (non-hydrogen) atoms. The van der Waals surface area contributed by atoms with E-state index >= 15 is 0 Å². The molecule has 0 atom stereocenters. The van der Waals surface area contributed by atoms with Crippen LogP contribution >= 0.6 is 11.6 Å². The highest BCUT2D eigenvalue weighted by molar-refractivity contribution is 6.30. The molecule has 0 aliphatic rings. The molecule has 4 heteroatoms. The second kappa shape index (κ2) is 7.49. The Hall–Kier alpha value is -0.770. The third-order valence-electron chi connectivity index (χ3n) is 1.86. The summed E-state index contributed by atoms with van der Waals surface area (Å²) < 4.78 is 0. The second-order valence-electron chi connectivity index (χ2n) is 3.40. The maximum absolute atomic E-state index is 5.82. The second-order valence-corrected chi connectivity index (χ2v) is 3.84. The van der Waals surface area contributed by atoms with E-state index < -0.39 is 0 Å². The van der Waals surface area contributed by atoms with Gasteiger partial charge in [0.25, 0.3) is 0 Å². The van der Waals surface area contributed by atoms with E-state index in [0.29, 0.717) is 18.2 Å². The Morgan fingerprint density at radius 3 is 1.94 bits per heavy atom. The fraction of sp³-hybridized carbons (Fsp3) is 0.500. The predicted octanol–water partition coefficient (Wildman–Crippen LogP) is 3.83. The number of rotatable bonds is 7. The van der Waals surface area contributed by atoms with Gasteiger partial charge in [-0.1, -0.05) is 25.4 Å². The predicted molar refractivity (Wildman–Crippen MR) is 66.4 cm³/mol. The maximum atomic E-state index is 5.82. The molecule has 0 aliphatic heterocycles. The first-order valence-corrected chi connectivity index (χ1v) is 5.97. The van der Waals surface area contributed by atoms with Gasteiger partial charge in [0.05, 0.1) is 18.9 Å². The fourth-order valence-electron chi connectivity index (χ4n) is 1.10. The van der Waals surface area contributed by atoms with Crippen LogP contribution in [-0.2, 0) is 9.68 Å². The summed E-state index contributed by atoms with van der Waals surface area (Å²) in [6.07, 6.45) is 1.89. The van der Waals surface area contributed by atoms with Gasteiger partial charge in [0.1, 0.15) is 0 Å². The van der Waals surface area contributed by atoms with E-state index in [9.17, 15) is 0 Å². The van der Waals surface area contributed by atoms with Gasteiger partial charge in [-0.3, -0.25) is 0 Å². The summed E-state index contributed by atoms with van der Waals surface area (Å²) in [5.41, 5.74) is 0.853. The Kier molecular flexibility index (Phi) is 6.23. The summed E-state index contributed by atoms with van der Waals surface area (Å²) in [7, 11) is 0. The first-order valence-electron chi connectivity index (χ1n) is 5.59. The van der Waals surface area contributed by atoms with Crippen LogP contribution in [0, 0.1) is 0 Å². The molecule has 0 saturated heterocycles. The minimum atomic E-state index is 0.631. The van der Waals surface area contributed by atoms with E-state index in [1.54, 1.807) is 0 Å². The lowest BCUT2D eigenvalue weighted by atomic mass is 10.3. The van der Waals surface area contributed by atoms with E-state index in [1.165, 1.54) is 5.23 Å². The van der Waals surface area contributed by atoms with Gasteiger partial charge in [-0.2, -0.15) is 0 Å². The van der Waals surface area contributed by atoms with E-state index in [4.69, 9.17) is 21.3 Å². The number of halogens is 1. The molecule has 3 nitrogen and oxygen atoms in total. The molecule has 0 radical (unpaired) electrons. The minimum absolute atomic E-state index is 0.631. The van der Waals surface area contributed by atoms with Crippen LogP contribution in [0.3, 0.4) is 0 Å². The quantitative estimate of drug-likeness (QED) is 0.680. The highest BCUT2D eigenvalue weighted by Crippen LogP contribution is 2.18. The van der Waals surface area contributed by atoms with Crippen LogP contribution in [0.5, 0.6) is 0 Å². The Morgan fingerprint density at radius 2 is 1.50 bits per heavy atom. The standard InChI is InChI=1S/C12H18ClNO2/c1-3-9-15-14(16-10-4-2)12-7-5-11(13)6-8-12/h5-8H,3-4,9-10H2,1-2H3. The molecule has 0 heterocycles. The molecule has 0 aromatic heterocycles. The summed E-state index contributed by atoms with van der Waals surface area (Å²) in [6.45, 7) is 5.37. The lowest BCUT2D eigenvalue weighted by Crippen LogP contribution is -2.24. The van der Waals surface area contributed by atoms with Crippen molar-refractivity contribution in [3.8, 4) is 0 Å². The smallest absolute Gasteiger partial charge is 0.0948 e. The number of nitrogens with zero attached hydrogens (tertiary/aromatic N) is 1.